The lowest BCUT2D eigenvalue weighted by Crippen LogP contribution is -2.41. The monoisotopic (exact) mass is 307 g/mol. The first-order chi connectivity index (χ1) is 9.61. The average molecular weight is 307 g/mol. The van der Waals surface area contributed by atoms with Gasteiger partial charge in [-0.2, -0.15) is 0 Å². The SMILES string of the molecule is CN(C)C(=O)c1cccc(NC(=S)NC(=O)C(C)(C)C)c1. The molecule has 21 heavy (non-hydrogen) atoms. The summed E-state index contributed by atoms with van der Waals surface area (Å²) in [5, 5.41) is 5.75. The van der Waals surface area contributed by atoms with E-state index < -0.39 is 5.41 Å². The Hall–Kier alpha value is -1.95. The van der Waals surface area contributed by atoms with E-state index in [4.69, 9.17) is 12.2 Å². The zero-order valence-electron chi connectivity index (χ0n) is 13.0. The molecule has 0 aliphatic carbocycles. The van der Waals surface area contributed by atoms with Crippen molar-refractivity contribution in [1.29, 1.82) is 0 Å². The normalized spacial score (nSPS) is 10.7. The molecule has 0 atom stereocenters. The van der Waals surface area contributed by atoms with Crippen LogP contribution in [0.15, 0.2) is 24.3 Å². The van der Waals surface area contributed by atoms with Gasteiger partial charge in [0.2, 0.25) is 5.91 Å². The first-order valence-corrected chi connectivity index (χ1v) is 6.96. The number of rotatable bonds is 2. The molecule has 0 heterocycles. The summed E-state index contributed by atoms with van der Waals surface area (Å²) in [7, 11) is 3.38. The van der Waals surface area contributed by atoms with Crippen molar-refractivity contribution >= 4 is 34.8 Å². The molecule has 6 heteroatoms. The van der Waals surface area contributed by atoms with Crippen LogP contribution in [0.1, 0.15) is 31.1 Å². The van der Waals surface area contributed by atoms with Gasteiger partial charge in [-0.15, -0.1) is 0 Å². The van der Waals surface area contributed by atoms with E-state index in [9.17, 15) is 9.59 Å². The second-order valence-electron chi connectivity index (χ2n) is 5.94. The van der Waals surface area contributed by atoms with Crippen LogP contribution in [0.25, 0.3) is 0 Å². The molecule has 0 saturated heterocycles. The molecule has 0 spiro atoms. The van der Waals surface area contributed by atoms with E-state index in [1.807, 2.05) is 0 Å². The van der Waals surface area contributed by atoms with Crippen molar-refractivity contribution in [3.8, 4) is 0 Å². The van der Waals surface area contributed by atoms with Gasteiger partial charge in [-0.1, -0.05) is 26.8 Å². The lowest BCUT2D eigenvalue weighted by atomic mass is 9.96. The number of carbonyl (C=O) groups excluding carboxylic acids is 2. The zero-order valence-corrected chi connectivity index (χ0v) is 13.8. The molecule has 0 unspecified atom stereocenters. The summed E-state index contributed by atoms with van der Waals surface area (Å²) in [5.74, 6) is -0.260. The Labute approximate surface area is 130 Å². The highest BCUT2D eigenvalue weighted by atomic mass is 32.1. The third-order valence-electron chi connectivity index (χ3n) is 2.68. The maximum Gasteiger partial charge on any atom is 0.253 e. The number of anilines is 1. The highest BCUT2D eigenvalue weighted by Crippen LogP contribution is 2.14. The van der Waals surface area contributed by atoms with Crippen LogP contribution in [0.3, 0.4) is 0 Å². The first-order valence-electron chi connectivity index (χ1n) is 6.55. The number of carbonyl (C=O) groups is 2. The van der Waals surface area contributed by atoms with Gasteiger partial charge in [0.1, 0.15) is 0 Å². The fourth-order valence-electron chi connectivity index (χ4n) is 1.44. The Kier molecular flexibility index (Phi) is 5.43. The molecule has 1 aromatic carbocycles. The first kappa shape index (κ1) is 17.1. The fourth-order valence-corrected chi connectivity index (χ4v) is 1.65. The van der Waals surface area contributed by atoms with Crippen LogP contribution in [0.5, 0.6) is 0 Å². The molecule has 0 radical (unpaired) electrons. The van der Waals surface area contributed by atoms with Crippen LogP contribution in [-0.2, 0) is 4.79 Å². The topological polar surface area (TPSA) is 61.4 Å². The summed E-state index contributed by atoms with van der Waals surface area (Å²) in [6, 6.07) is 6.96. The highest BCUT2D eigenvalue weighted by Gasteiger charge is 2.22. The molecule has 0 saturated carbocycles. The fraction of sp³-hybridized carbons (Fsp3) is 0.400. The van der Waals surface area contributed by atoms with Crippen LogP contribution in [0.2, 0.25) is 0 Å². The van der Waals surface area contributed by atoms with E-state index in [-0.39, 0.29) is 16.9 Å². The van der Waals surface area contributed by atoms with Gasteiger partial charge in [-0.3, -0.25) is 9.59 Å². The summed E-state index contributed by atoms with van der Waals surface area (Å²) in [6.07, 6.45) is 0. The molecule has 0 fully saturated rings. The number of nitrogens with zero attached hydrogens (tertiary/aromatic N) is 1. The number of hydrogen-bond acceptors (Lipinski definition) is 3. The Morgan fingerprint density at radius 2 is 1.81 bits per heavy atom. The Morgan fingerprint density at radius 1 is 1.19 bits per heavy atom. The van der Waals surface area contributed by atoms with Crippen LogP contribution in [0.4, 0.5) is 5.69 Å². The minimum atomic E-state index is -0.519. The van der Waals surface area contributed by atoms with Crippen molar-refractivity contribution in [3.05, 3.63) is 29.8 Å². The van der Waals surface area contributed by atoms with Crippen molar-refractivity contribution < 1.29 is 9.59 Å². The highest BCUT2D eigenvalue weighted by molar-refractivity contribution is 7.80. The molecule has 114 valence electrons. The van der Waals surface area contributed by atoms with Crippen molar-refractivity contribution in [2.75, 3.05) is 19.4 Å². The number of thiocarbonyl (C=S) groups is 1. The average Bonchev–Trinajstić information content (AvgIpc) is 2.36. The number of benzene rings is 1. The standard InChI is InChI=1S/C15H21N3O2S/c1-15(2,3)13(20)17-14(21)16-11-8-6-7-10(9-11)12(19)18(4)5/h6-9H,1-5H3,(H2,16,17,20,21). The second-order valence-corrected chi connectivity index (χ2v) is 6.35. The minimum absolute atomic E-state index is 0.0942. The lowest BCUT2D eigenvalue weighted by Gasteiger charge is -2.18. The molecule has 0 bridgehead atoms. The maximum absolute atomic E-state index is 11.9. The van der Waals surface area contributed by atoms with E-state index in [1.54, 1.807) is 59.1 Å². The molecule has 0 aliphatic rings. The van der Waals surface area contributed by atoms with Crippen LogP contribution < -0.4 is 10.6 Å². The summed E-state index contributed by atoms with van der Waals surface area (Å²) in [6.45, 7) is 5.42. The van der Waals surface area contributed by atoms with Gasteiger partial charge in [-0.25, -0.2) is 0 Å². The van der Waals surface area contributed by atoms with E-state index in [0.717, 1.165) is 0 Å². The van der Waals surface area contributed by atoms with Gasteiger partial charge >= 0.3 is 0 Å². The molecule has 1 aromatic rings. The van der Waals surface area contributed by atoms with Gasteiger partial charge < -0.3 is 15.5 Å². The van der Waals surface area contributed by atoms with Crippen molar-refractivity contribution in [1.82, 2.24) is 10.2 Å². The summed E-state index contributed by atoms with van der Waals surface area (Å²) >= 11 is 5.10. The van der Waals surface area contributed by atoms with Crippen molar-refractivity contribution in [3.63, 3.8) is 0 Å². The van der Waals surface area contributed by atoms with Gasteiger partial charge in [0.05, 0.1) is 0 Å². The quantitative estimate of drug-likeness (QED) is 0.823. The number of amides is 2. The van der Waals surface area contributed by atoms with Crippen LogP contribution in [0, 0.1) is 5.41 Å². The maximum atomic E-state index is 11.9. The predicted molar refractivity (Wildman–Crippen MR) is 88.3 cm³/mol. The van der Waals surface area contributed by atoms with E-state index >= 15 is 0 Å². The molecule has 0 aromatic heterocycles. The van der Waals surface area contributed by atoms with Gasteiger partial charge in [0, 0.05) is 30.8 Å². The van der Waals surface area contributed by atoms with E-state index in [2.05, 4.69) is 10.6 Å². The Bertz CT molecular complexity index is 562. The van der Waals surface area contributed by atoms with Crippen LogP contribution in [-0.4, -0.2) is 35.9 Å². The number of hydrogen-bond donors (Lipinski definition) is 2. The summed E-state index contributed by atoms with van der Waals surface area (Å²) in [4.78, 5) is 25.2. The zero-order chi connectivity index (χ0) is 16.2. The largest absolute Gasteiger partial charge is 0.345 e. The minimum Gasteiger partial charge on any atom is -0.345 e. The predicted octanol–water partition coefficient (Wildman–Crippen LogP) is 2.25. The summed E-state index contributed by atoms with van der Waals surface area (Å²) < 4.78 is 0. The Morgan fingerprint density at radius 3 is 2.33 bits per heavy atom. The van der Waals surface area contributed by atoms with Crippen molar-refractivity contribution in [2.45, 2.75) is 20.8 Å². The van der Waals surface area contributed by atoms with Gasteiger partial charge in [0.15, 0.2) is 5.11 Å². The van der Waals surface area contributed by atoms with E-state index in [1.165, 1.54) is 4.90 Å². The summed E-state index contributed by atoms with van der Waals surface area (Å²) in [5.41, 5.74) is 0.686. The van der Waals surface area contributed by atoms with Gasteiger partial charge in [-0.05, 0) is 30.4 Å². The smallest absolute Gasteiger partial charge is 0.253 e. The molecular formula is C15H21N3O2S. The lowest BCUT2D eigenvalue weighted by molar-refractivity contribution is -0.126. The third kappa shape index (κ3) is 5.15. The van der Waals surface area contributed by atoms with E-state index in [0.29, 0.717) is 11.3 Å². The number of nitrogens with one attached hydrogen (secondary N) is 2. The molecule has 2 amide bonds. The molecule has 5 nitrogen and oxygen atoms in total. The molecular weight excluding hydrogens is 286 g/mol. The van der Waals surface area contributed by atoms with Crippen molar-refractivity contribution in [2.24, 2.45) is 5.41 Å². The molecule has 2 N–H and O–H groups in total. The van der Waals surface area contributed by atoms with Gasteiger partial charge in [0.25, 0.3) is 5.91 Å². The second kappa shape index (κ2) is 6.67. The third-order valence-corrected chi connectivity index (χ3v) is 2.89. The Balaban J connectivity index is 2.76. The molecule has 0 aliphatic heterocycles. The molecule has 1 rings (SSSR count). The van der Waals surface area contributed by atoms with Crippen LogP contribution >= 0.6 is 12.2 Å².